The highest BCUT2D eigenvalue weighted by Gasteiger charge is 2.13. The van der Waals surface area contributed by atoms with E-state index in [0.717, 1.165) is 13.0 Å². The van der Waals surface area contributed by atoms with Crippen LogP contribution in [0.3, 0.4) is 0 Å². The first kappa shape index (κ1) is 16.7. The molecule has 6 heteroatoms. The second-order valence-electron chi connectivity index (χ2n) is 4.25. The maximum atomic E-state index is 11.8. The molecule has 0 aromatic rings. The van der Waals surface area contributed by atoms with Gasteiger partial charge in [-0.05, 0) is 27.4 Å². The molecule has 0 saturated carbocycles. The summed E-state index contributed by atoms with van der Waals surface area (Å²) in [5.41, 5.74) is 0. The van der Waals surface area contributed by atoms with E-state index in [1.807, 2.05) is 25.9 Å². The van der Waals surface area contributed by atoms with Crippen molar-refractivity contribution < 1.29 is 14.3 Å². The number of urea groups is 1. The van der Waals surface area contributed by atoms with E-state index in [2.05, 4.69) is 5.32 Å². The molecule has 0 aliphatic heterocycles. The Morgan fingerprint density at radius 1 is 1.11 bits per heavy atom. The van der Waals surface area contributed by atoms with Gasteiger partial charge in [-0.15, -0.1) is 0 Å². The topological polar surface area (TPSA) is 61.9 Å². The zero-order chi connectivity index (χ0) is 14.0. The Kier molecular flexibility index (Phi) is 9.00. The molecule has 0 aromatic heterocycles. The summed E-state index contributed by atoms with van der Waals surface area (Å²) < 4.78 is 4.75. The van der Waals surface area contributed by atoms with Gasteiger partial charge in [-0.2, -0.15) is 0 Å². The van der Waals surface area contributed by atoms with Crippen molar-refractivity contribution in [2.24, 2.45) is 0 Å². The molecule has 18 heavy (non-hydrogen) atoms. The fourth-order valence-corrected chi connectivity index (χ4v) is 1.38. The molecule has 0 unspecified atom stereocenters. The highest BCUT2D eigenvalue weighted by Crippen LogP contribution is 1.93. The van der Waals surface area contributed by atoms with Gasteiger partial charge in [-0.3, -0.25) is 4.79 Å². The molecule has 6 nitrogen and oxygen atoms in total. The van der Waals surface area contributed by atoms with Crippen molar-refractivity contribution in [1.82, 2.24) is 15.1 Å². The number of esters is 1. The summed E-state index contributed by atoms with van der Waals surface area (Å²) in [4.78, 5) is 26.7. The third-order valence-corrected chi connectivity index (χ3v) is 2.29. The predicted molar refractivity (Wildman–Crippen MR) is 70.4 cm³/mol. The van der Waals surface area contributed by atoms with E-state index in [4.69, 9.17) is 4.74 Å². The van der Waals surface area contributed by atoms with E-state index in [1.54, 1.807) is 11.8 Å². The lowest BCUT2D eigenvalue weighted by atomic mass is 10.4. The van der Waals surface area contributed by atoms with Crippen molar-refractivity contribution in [2.45, 2.75) is 20.3 Å². The van der Waals surface area contributed by atoms with Crippen LogP contribution in [-0.4, -0.2) is 68.7 Å². The van der Waals surface area contributed by atoms with Crippen LogP contribution in [0.15, 0.2) is 0 Å². The summed E-state index contributed by atoms with van der Waals surface area (Å²) in [5, 5.41) is 2.57. The SMILES string of the molecule is CCCN(CCN(C)C)C(=O)NCC(=O)OCC. The van der Waals surface area contributed by atoms with Gasteiger partial charge in [0.05, 0.1) is 6.61 Å². The summed E-state index contributed by atoms with van der Waals surface area (Å²) in [7, 11) is 3.92. The monoisotopic (exact) mass is 259 g/mol. The molecule has 0 aromatic carbocycles. The fraction of sp³-hybridized carbons (Fsp3) is 0.833. The first-order chi connectivity index (χ1) is 8.51. The quantitative estimate of drug-likeness (QED) is 0.646. The normalized spacial score (nSPS) is 10.3. The first-order valence-corrected chi connectivity index (χ1v) is 6.34. The third-order valence-electron chi connectivity index (χ3n) is 2.29. The molecule has 2 amide bonds. The maximum absolute atomic E-state index is 11.8. The summed E-state index contributed by atoms with van der Waals surface area (Å²) in [6, 6.07) is -0.216. The van der Waals surface area contributed by atoms with Crippen LogP contribution in [0.4, 0.5) is 4.79 Å². The maximum Gasteiger partial charge on any atom is 0.325 e. The second kappa shape index (κ2) is 9.70. The Balaban J connectivity index is 4.08. The molecule has 0 spiro atoms. The Labute approximate surface area is 109 Å². The molecule has 106 valence electrons. The van der Waals surface area contributed by atoms with Gasteiger partial charge in [0.15, 0.2) is 0 Å². The van der Waals surface area contributed by atoms with Crippen molar-refractivity contribution in [1.29, 1.82) is 0 Å². The Morgan fingerprint density at radius 2 is 1.78 bits per heavy atom. The highest BCUT2D eigenvalue weighted by atomic mass is 16.5. The van der Waals surface area contributed by atoms with Crippen LogP contribution in [-0.2, 0) is 9.53 Å². The number of amides is 2. The molecule has 0 radical (unpaired) electrons. The largest absolute Gasteiger partial charge is 0.465 e. The first-order valence-electron chi connectivity index (χ1n) is 6.34. The molecule has 0 saturated heterocycles. The summed E-state index contributed by atoms with van der Waals surface area (Å²) in [6.07, 6.45) is 0.889. The van der Waals surface area contributed by atoms with E-state index >= 15 is 0 Å². The second-order valence-corrected chi connectivity index (χ2v) is 4.25. The number of nitrogens with zero attached hydrogens (tertiary/aromatic N) is 2. The van der Waals surface area contributed by atoms with Crippen LogP contribution < -0.4 is 5.32 Å². The van der Waals surface area contributed by atoms with Gasteiger partial charge < -0.3 is 19.9 Å². The number of rotatable bonds is 8. The zero-order valence-corrected chi connectivity index (χ0v) is 11.9. The fourth-order valence-electron chi connectivity index (χ4n) is 1.38. The minimum absolute atomic E-state index is 0.0746. The van der Waals surface area contributed by atoms with E-state index in [0.29, 0.717) is 19.7 Å². The Morgan fingerprint density at radius 3 is 2.28 bits per heavy atom. The van der Waals surface area contributed by atoms with E-state index in [-0.39, 0.29) is 12.6 Å². The van der Waals surface area contributed by atoms with Crippen molar-refractivity contribution >= 4 is 12.0 Å². The van der Waals surface area contributed by atoms with Gasteiger partial charge in [0.25, 0.3) is 0 Å². The smallest absolute Gasteiger partial charge is 0.325 e. The standard InChI is InChI=1S/C12H25N3O3/c1-5-7-15(9-8-14(3)4)12(17)13-10-11(16)18-6-2/h5-10H2,1-4H3,(H,13,17). The summed E-state index contributed by atoms with van der Waals surface area (Å²) >= 11 is 0. The minimum atomic E-state index is -0.407. The van der Waals surface area contributed by atoms with Gasteiger partial charge >= 0.3 is 12.0 Å². The molecule has 0 atom stereocenters. The zero-order valence-electron chi connectivity index (χ0n) is 11.9. The minimum Gasteiger partial charge on any atom is -0.465 e. The van der Waals surface area contributed by atoms with Gasteiger partial charge in [-0.1, -0.05) is 6.92 Å². The molecule has 0 rings (SSSR count). The molecule has 0 bridgehead atoms. The third kappa shape index (κ3) is 7.89. The van der Waals surface area contributed by atoms with Gasteiger partial charge in [0.2, 0.25) is 0 Å². The highest BCUT2D eigenvalue weighted by molar-refractivity contribution is 5.80. The molecule has 0 aliphatic rings. The number of carbonyl (C=O) groups is 2. The molecular formula is C12H25N3O3. The number of hydrogen-bond donors (Lipinski definition) is 1. The summed E-state index contributed by atoms with van der Waals surface area (Å²) in [5.74, 6) is -0.407. The number of nitrogens with one attached hydrogen (secondary N) is 1. The van der Waals surface area contributed by atoms with E-state index in [9.17, 15) is 9.59 Å². The van der Waals surface area contributed by atoms with Crippen LogP contribution in [0, 0.1) is 0 Å². The van der Waals surface area contributed by atoms with E-state index < -0.39 is 5.97 Å². The Hall–Kier alpha value is -1.30. The number of likely N-dealkylation sites (N-methyl/N-ethyl adjacent to an activating group) is 1. The lowest BCUT2D eigenvalue weighted by molar-refractivity contribution is -0.141. The van der Waals surface area contributed by atoms with E-state index in [1.165, 1.54) is 0 Å². The van der Waals surface area contributed by atoms with Crippen molar-refractivity contribution in [3.63, 3.8) is 0 Å². The molecule has 0 aliphatic carbocycles. The van der Waals surface area contributed by atoms with Crippen LogP contribution in [0.25, 0.3) is 0 Å². The lowest BCUT2D eigenvalue weighted by Crippen LogP contribution is -2.45. The lowest BCUT2D eigenvalue weighted by Gasteiger charge is -2.24. The van der Waals surface area contributed by atoms with Gasteiger partial charge in [0.1, 0.15) is 6.54 Å². The Bertz CT molecular complexity index is 257. The van der Waals surface area contributed by atoms with Crippen LogP contribution in [0.5, 0.6) is 0 Å². The van der Waals surface area contributed by atoms with Crippen LogP contribution in [0.2, 0.25) is 0 Å². The average Bonchev–Trinajstić information content (AvgIpc) is 2.31. The number of ether oxygens (including phenoxy) is 1. The van der Waals surface area contributed by atoms with Crippen molar-refractivity contribution in [3.05, 3.63) is 0 Å². The van der Waals surface area contributed by atoms with Crippen molar-refractivity contribution in [3.8, 4) is 0 Å². The average molecular weight is 259 g/mol. The number of hydrogen-bond acceptors (Lipinski definition) is 4. The van der Waals surface area contributed by atoms with Gasteiger partial charge in [-0.25, -0.2) is 4.79 Å². The molecule has 1 N–H and O–H groups in total. The molecule has 0 heterocycles. The predicted octanol–water partition coefficient (Wildman–Crippen LogP) is 0.533. The van der Waals surface area contributed by atoms with Crippen molar-refractivity contribution in [2.75, 3.05) is 46.9 Å². The number of carbonyl (C=O) groups excluding carboxylic acids is 2. The molecular weight excluding hydrogens is 234 g/mol. The van der Waals surface area contributed by atoms with Crippen LogP contribution >= 0.6 is 0 Å². The van der Waals surface area contributed by atoms with Gasteiger partial charge in [0, 0.05) is 19.6 Å². The van der Waals surface area contributed by atoms with Crippen LogP contribution in [0.1, 0.15) is 20.3 Å². The molecule has 0 fully saturated rings. The summed E-state index contributed by atoms with van der Waals surface area (Å²) in [6.45, 7) is 6.13.